The van der Waals surface area contributed by atoms with Crippen molar-refractivity contribution in [1.29, 1.82) is 0 Å². The lowest BCUT2D eigenvalue weighted by Crippen LogP contribution is -2.49. The number of rotatable bonds is 4. The standard InChI is InChI=1S/C20H24N2O3S/c1-14-11-15(2)13-18(12-14)22(26(4,24)25)16(3)20(23)21-10-9-17-7-5-6-8-19(17)21/h5-8,11-13,16H,9-10H2,1-4H3/t16-/m0/s1. The zero-order chi connectivity index (χ0) is 19.1. The number of para-hydroxylation sites is 1. The number of hydrogen-bond acceptors (Lipinski definition) is 3. The number of fused-ring (bicyclic) bond motifs is 1. The lowest BCUT2D eigenvalue weighted by Gasteiger charge is -2.31. The third kappa shape index (κ3) is 3.46. The van der Waals surface area contributed by atoms with Crippen molar-refractivity contribution >= 4 is 27.3 Å². The van der Waals surface area contributed by atoms with Crippen molar-refractivity contribution < 1.29 is 13.2 Å². The van der Waals surface area contributed by atoms with E-state index < -0.39 is 16.1 Å². The van der Waals surface area contributed by atoms with E-state index in [1.165, 1.54) is 4.31 Å². The number of anilines is 2. The summed E-state index contributed by atoms with van der Waals surface area (Å²) < 4.78 is 26.3. The molecule has 6 heteroatoms. The molecule has 1 amide bonds. The average molecular weight is 372 g/mol. The average Bonchev–Trinajstić information content (AvgIpc) is 2.96. The monoisotopic (exact) mass is 372 g/mol. The Kier molecular flexibility index (Phi) is 4.80. The maximum Gasteiger partial charge on any atom is 0.250 e. The third-order valence-electron chi connectivity index (χ3n) is 4.68. The molecule has 0 unspecified atom stereocenters. The van der Waals surface area contributed by atoms with E-state index in [9.17, 15) is 13.2 Å². The molecule has 5 nitrogen and oxygen atoms in total. The van der Waals surface area contributed by atoms with Gasteiger partial charge in [0, 0.05) is 12.2 Å². The smallest absolute Gasteiger partial charge is 0.250 e. The first kappa shape index (κ1) is 18.5. The number of benzene rings is 2. The molecule has 1 aliphatic heterocycles. The Labute approximate surface area is 155 Å². The highest BCUT2D eigenvalue weighted by Gasteiger charge is 2.35. The molecule has 0 fully saturated rings. The van der Waals surface area contributed by atoms with Crippen LogP contribution in [0.3, 0.4) is 0 Å². The molecule has 0 saturated carbocycles. The third-order valence-corrected chi connectivity index (χ3v) is 5.92. The first-order valence-electron chi connectivity index (χ1n) is 8.65. The first-order chi connectivity index (χ1) is 12.2. The van der Waals surface area contributed by atoms with Crippen molar-refractivity contribution in [3.05, 3.63) is 59.2 Å². The quantitative estimate of drug-likeness (QED) is 0.829. The molecule has 0 spiro atoms. The van der Waals surface area contributed by atoms with E-state index in [0.29, 0.717) is 12.2 Å². The maximum absolute atomic E-state index is 13.2. The van der Waals surface area contributed by atoms with Crippen molar-refractivity contribution in [2.75, 3.05) is 22.0 Å². The van der Waals surface area contributed by atoms with Crippen LogP contribution in [0, 0.1) is 13.8 Å². The number of nitrogens with zero attached hydrogens (tertiary/aromatic N) is 2. The molecule has 1 heterocycles. The molecule has 0 aromatic heterocycles. The molecule has 0 bridgehead atoms. The summed E-state index contributed by atoms with van der Waals surface area (Å²) >= 11 is 0. The van der Waals surface area contributed by atoms with E-state index in [-0.39, 0.29) is 5.91 Å². The van der Waals surface area contributed by atoms with Gasteiger partial charge in [-0.1, -0.05) is 24.3 Å². The Morgan fingerprint density at radius 3 is 2.35 bits per heavy atom. The highest BCUT2D eigenvalue weighted by atomic mass is 32.2. The molecule has 2 aromatic rings. The SMILES string of the molecule is Cc1cc(C)cc(N([C@@H](C)C(=O)N2CCc3ccccc32)S(C)(=O)=O)c1. The molecule has 0 N–H and O–H groups in total. The predicted molar refractivity (Wildman–Crippen MR) is 105 cm³/mol. The van der Waals surface area contributed by atoms with Gasteiger partial charge in [0.2, 0.25) is 10.0 Å². The zero-order valence-electron chi connectivity index (χ0n) is 15.6. The van der Waals surface area contributed by atoms with E-state index in [1.807, 2.05) is 44.2 Å². The van der Waals surface area contributed by atoms with E-state index >= 15 is 0 Å². The molecule has 0 radical (unpaired) electrons. The van der Waals surface area contributed by atoms with Gasteiger partial charge in [-0.25, -0.2) is 8.42 Å². The number of amides is 1. The number of carbonyl (C=O) groups is 1. The fourth-order valence-electron chi connectivity index (χ4n) is 3.67. The summed E-state index contributed by atoms with van der Waals surface area (Å²) in [5, 5.41) is 0. The van der Waals surface area contributed by atoms with Gasteiger partial charge in [-0.2, -0.15) is 0 Å². The van der Waals surface area contributed by atoms with Crippen LogP contribution in [0.1, 0.15) is 23.6 Å². The summed E-state index contributed by atoms with van der Waals surface area (Å²) in [6, 6.07) is 12.5. The van der Waals surface area contributed by atoms with Crippen molar-refractivity contribution in [2.24, 2.45) is 0 Å². The van der Waals surface area contributed by atoms with Gasteiger partial charge in [0.05, 0.1) is 11.9 Å². The fourth-order valence-corrected chi connectivity index (χ4v) is 4.83. The maximum atomic E-state index is 13.2. The normalized spacial score (nSPS) is 14.8. The summed E-state index contributed by atoms with van der Waals surface area (Å²) in [6.07, 6.45) is 1.93. The Balaban J connectivity index is 1.99. The van der Waals surface area contributed by atoms with Crippen molar-refractivity contribution in [3.8, 4) is 0 Å². The van der Waals surface area contributed by atoms with Gasteiger partial charge in [-0.05, 0) is 62.1 Å². The molecule has 0 aliphatic carbocycles. The number of carbonyl (C=O) groups excluding carboxylic acids is 1. The largest absolute Gasteiger partial charge is 0.310 e. The summed E-state index contributed by atoms with van der Waals surface area (Å²) in [4.78, 5) is 14.9. The summed E-state index contributed by atoms with van der Waals surface area (Å²) in [5.41, 5.74) is 4.43. The fraction of sp³-hybridized carbons (Fsp3) is 0.350. The highest BCUT2D eigenvalue weighted by molar-refractivity contribution is 7.92. The van der Waals surface area contributed by atoms with Gasteiger partial charge >= 0.3 is 0 Å². The first-order valence-corrected chi connectivity index (χ1v) is 10.5. The lowest BCUT2D eigenvalue weighted by molar-refractivity contribution is -0.119. The molecule has 138 valence electrons. The minimum absolute atomic E-state index is 0.209. The summed E-state index contributed by atoms with van der Waals surface area (Å²) in [5.74, 6) is -0.209. The number of hydrogen-bond donors (Lipinski definition) is 0. The summed E-state index contributed by atoms with van der Waals surface area (Å²) in [6.45, 7) is 6.06. The minimum Gasteiger partial charge on any atom is -0.310 e. The van der Waals surface area contributed by atoms with Crippen LogP contribution in [0.25, 0.3) is 0 Å². The van der Waals surface area contributed by atoms with Crippen LogP contribution in [-0.4, -0.2) is 33.2 Å². The van der Waals surface area contributed by atoms with Gasteiger partial charge in [0.1, 0.15) is 6.04 Å². The zero-order valence-corrected chi connectivity index (χ0v) is 16.4. The van der Waals surface area contributed by atoms with Crippen molar-refractivity contribution in [3.63, 3.8) is 0 Å². The second-order valence-corrected chi connectivity index (χ2v) is 8.81. The van der Waals surface area contributed by atoms with E-state index in [0.717, 1.165) is 35.1 Å². The van der Waals surface area contributed by atoms with Crippen molar-refractivity contribution in [2.45, 2.75) is 33.2 Å². The van der Waals surface area contributed by atoms with Crippen LogP contribution < -0.4 is 9.21 Å². The van der Waals surface area contributed by atoms with Crippen LogP contribution in [0.4, 0.5) is 11.4 Å². The lowest BCUT2D eigenvalue weighted by atomic mass is 10.1. The van der Waals surface area contributed by atoms with Gasteiger partial charge in [-0.15, -0.1) is 0 Å². The molecule has 2 aromatic carbocycles. The molecule has 1 aliphatic rings. The Morgan fingerprint density at radius 1 is 1.12 bits per heavy atom. The topological polar surface area (TPSA) is 57.7 Å². The Bertz CT molecular complexity index is 933. The van der Waals surface area contributed by atoms with Gasteiger partial charge in [0.15, 0.2) is 0 Å². The summed E-state index contributed by atoms with van der Waals surface area (Å²) in [7, 11) is -3.62. The van der Waals surface area contributed by atoms with E-state index in [1.54, 1.807) is 24.0 Å². The van der Waals surface area contributed by atoms with Crippen LogP contribution in [-0.2, 0) is 21.2 Å². The molecule has 26 heavy (non-hydrogen) atoms. The van der Waals surface area contributed by atoms with Gasteiger partial charge in [-0.3, -0.25) is 9.10 Å². The minimum atomic E-state index is -3.62. The van der Waals surface area contributed by atoms with E-state index in [2.05, 4.69) is 0 Å². The Morgan fingerprint density at radius 2 is 1.73 bits per heavy atom. The Hall–Kier alpha value is -2.34. The second-order valence-electron chi connectivity index (χ2n) is 6.95. The van der Waals surface area contributed by atoms with Crippen LogP contribution in [0.15, 0.2) is 42.5 Å². The van der Waals surface area contributed by atoms with E-state index in [4.69, 9.17) is 0 Å². The predicted octanol–water partition coefficient (Wildman–Crippen LogP) is 3.05. The number of sulfonamides is 1. The van der Waals surface area contributed by atoms with Crippen molar-refractivity contribution in [1.82, 2.24) is 0 Å². The second kappa shape index (κ2) is 6.76. The molecule has 1 atom stereocenters. The molecule has 3 rings (SSSR count). The molecular formula is C20H24N2O3S. The van der Waals surface area contributed by atoms with Crippen LogP contribution >= 0.6 is 0 Å². The molecule has 0 saturated heterocycles. The highest BCUT2D eigenvalue weighted by Crippen LogP contribution is 2.30. The molecular weight excluding hydrogens is 348 g/mol. The van der Waals surface area contributed by atoms with Crippen LogP contribution in [0.2, 0.25) is 0 Å². The van der Waals surface area contributed by atoms with Crippen LogP contribution in [0.5, 0.6) is 0 Å². The van der Waals surface area contributed by atoms with Gasteiger partial charge in [0.25, 0.3) is 5.91 Å². The number of aryl methyl sites for hydroxylation is 2. The van der Waals surface area contributed by atoms with Gasteiger partial charge < -0.3 is 4.90 Å².